The van der Waals surface area contributed by atoms with Crippen LogP contribution in [-0.2, 0) is 14.8 Å². The molecule has 1 aliphatic heterocycles. The highest BCUT2D eigenvalue weighted by Crippen LogP contribution is 2.21. The number of anilines is 1. The molecular formula is C11H15ClN4O3S. The summed E-state index contributed by atoms with van der Waals surface area (Å²) >= 11 is 5.61. The molecule has 0 aliphatic carbocycles. The van der Waals surface area contributed by atoms with Crippen molar-refractivity contribution in [2.75, 3.05) is 18.1 Å². The second kappa shape index (κ2) is 6.02. The molecule has 2 rings (SSSR count). The van der Waals surface area contributed by atoms with Gasteiger partial charge in [-0.15, -0.1) is 10.2 Å². The minimum atomic E-state index is -3.40. The summed E-state index contributed by atoms with van der Waals surface area (Å²) in [4.78, 5) is 12.2. The Bertz CT molecular complexity index is 590. The van der Waals surface area contributed by atoms with E-state index in [9.17, 15) is 13.2 Å². The van der Waals surface area contributed by atoms with Gasteiger partial charge in [-0.05, 0) is 25.0 Å². The summed E-state index contributed by atoms with van der Waals surface area (Å²) < 4.78 is 24.6. The summed E-state index contributed by atoms with van der Waals surface area (Å²) in [5.41, 5.74) is 0. The average Bonchev–Trinajstić information content (AvgIpc) is 2.40. The predicted octanol–water partition coefficient (Wildman–Crippen LogP) is 0.883. The molecular weight excluding hydrogens is 304 g/mol. The predicted molar refractivity (Wildman–Crippen MR) is 74.9 cm³/mol. The lowest BCUT2D eigenvalue weighted by Gasteiger charge is -2.32. The number of aromatic nitrogens is 2. The van der Waals surface area contributed by atoms with E-state index in [0.29, 0.717) is 13.0 Å². The summed E-state index contributed by atoms with van der Waals surface area (Å²) in [6, 6.07) is 2.32. The number of piperidine rings is 1. The van der Waals surface area contributed by atoms with Gasteiger partial charge in [0.15, 0.2) is 11.0 Å². The van der Waals surface area contributed by atoms with Gasteiger partial charge in [0.2, 0.25) is 15.9 Å². The topological polar surface area (TPSA) is 92.3 Å². The first kappa shape index (κ1) is 15.1. The number of carbonyl (C=O) groups excluding carboxylic acids is 1. The molecule has 2 heterocycles. The lowest BCUT2D eigenvalue weighted by atomic mass is 10.0. The van der Waals surface area contributed by atoms with Crippen LogP contribution in [0.25, 0.3) is 0 Å². The van der Waals surface area contributed by atoms with Crippen LogP contribution in [0.5, 0.6) is 0 Å². The summed E-state index contributed by atoms with van der Waals surface area (Å²) in [6.07, 6.45) is 3.19. The second-order valence-electron chi connectivity index (χ2n) is 4.62. The Morgan fingerprint density at radius 3 is 2.75 bits per heavy atom. The van der Waals surface area contributed by atoms with E-state index >= 15 is 0 Å². The van der Waals surface area contributed by atoms with Gasteiger partial charge in [-0.1, -0.05) is 18.0 Å². The first-order valence-electron chi connectivity index (χ1n) is 6.15. The maximum atomic E-state index is 12.2. The molecule has 0 bridgehead atoms. The van der Waals surface area contributed by atoms with E-state index in [-0.39, 0.29) is 11.0 Å². The molecule has 9 heteroatoms. The van der Waals surface area contributed by atoms with Crippen LogP contribution in [-0.4, -0.2) is 47.7 Å². The average molecular weight is 319 g/mol. The van der Waals surface area contributed by atoms with Crippen molar-refractivity contribution in [3.05, 3.63) is 17.3 Å². The van der Waals surface area contributed by atoms with Crippen LogP contribution in [0.1, 0.15) is 19.3 Å². The van der Waals surface area contributed by atoms with Crippen LogP contribution in [0.15, 0.2) is 12.1 Å². The number of nitrogens with zero attached hydrogens (tertiary/aromatic N) is 3. The van der Waals surface area contributed by atoms with Crippen LogP contribution in [0.2, 0.25) is 5.15 Å². The normalized spacial score (nSPS) is 20.6. The Labute approximate surface area is 122 Å². The number of nitrogens with one attached hydrogen (secondary N) is 1. The summed E-state index contributed by atoms with van der Waals surface area (Å²) in [7, 11) is -3.40. The fourth-order valence-corrected chi connectivity index (χ4v) is 3.38. The first-order chi connectivity index (χ1) is 9.38. The summed E-state index contributed by atoms with van der Waals surface area (Å²) in [6.45, 7) is 0.364. The largest absolute Gasteiger partial charge is 0.308 e. The van der Waals surface area contributed by atoms with Gasteiger partial charge >= 0.3 is 0 Å². The van der Waals surface area contributed by atoms with Crippen molar-refractivity contribution in [2.24, 2.45) is 0 Å². The van der Waals surface area contributed by atoms with Crippen LogP contribution in [0, 0.1) is 0 Å². The van der Waals surface area contributed by atoms with Gasteiger partial charge in [0, 0.05) is 6.54 Å². The molecule has 1 saturated heterocycles. The molecule has 0 radical (unpaired) electrons. The third-order valence-electron chi connectivity index (χ3n) is 3.07. The third kappa shape index (κ3) is 3.65. The van der Waals surface area contributed by atoms with Gasteiger partial charge in [-0.25, -0.2) is 8.42 Å². The Morgan fingerprint density at radius 1 is 1.40 bits per heavy atom. The van der Waals surface area contributed by atoms with Crippen LogP contribution in [0.3, 0.4) is 0 Å². The number of hydrogen-bond acceptors (Lipinski definition) is 5. The zero-order valence-corrected chi connectivity index (χ0v) is 12.5. The number of halogens is 1. The Kier molecular flexibility index (Phi) is 4.56. The third-order valence-corrected chi connectivity index (χ3v) is 4.56. The van der Waals surface area contributed by atoms with Gasteiger partial charge in [0.05, 0.1) is 6.26 Å². The molecule has 0 unspecified atom stereocenters. The number of sulfonamides is 1. The van der Waals surface area contributed by atoms with E-state index in [1.807, 2.05) is 0 Å². The van der Waals surface area contributed by atoms with Crippen molar-refractivity contribution in [3.8, 4) is 0 Å². The Balaban J connectivity index is 2.12. The number of amides is 1. The molecule has 1 fully saturated rings. The van der Waals surface area contributed by atoms with Crippen LogP contribution in [0.4, 0.5) is 5.82 Å². The highest BCUT2D eigenvalue weighted by atomic mass is 35.5. The number of hydrogen-bond donors (Lipinski definition) is 1. The van der Waals surface area contributed by atoms with Crippen molar-refractivity contribution in [3.63, 3.8) is 0 Å². The minimum Gasteiger partial charge on any atom is -0.308 e. The molecule has 20 heavy (non-hydrogen) atoms. The van der Waals surface area contributed by atoms with Gasteiger partial charge in [-0.3, -0.25) is 4.79 Å². The fourth-order valence-electron chi connectivity index (χ4n) is 2.16. The highest BCUT2D eigenvalue weighted by Gasteiger charge is 2.34. The molecule has 0 saturated carbocycles. The lowest BCUT2D eigenvalue weighted by molar-refractivity contribution is -0.120. The zero-order valence-electron chi connectivity index (χ0n) is 10.9. The van der Waals surface area contributed by atoms with E-state index in [1.54, 1.807) is 0 Å². The molecule has 110 valence electrons. The van der Waals surface area contributed by atoms with E-state index in [4.69, 9.17) is 11.6 Å². The van der Waals surface area contributed by atoms with Crippen LogP contribution >= 0.6 is 11.6 Å². The van der Waals surface area contributed by atoms with Crippen molar-refractivity contribution in [1.82, 2.24) is 14.5 Å². The zero-order chi connectivity index (χ0) is 14.8. The molecule has 1 N–H and O–H groups in total. The second-order valence-corrected chi connectivity index (χ2v) is 6.94. The van der Waals surface area contributed by atoms with Crippen molar-refractivity contribution < 1.29 is 13.2 Å². The van der Waals surface area contributed by atoms with Gasteiger partial charge in [0.1, 0.15) is 6.04 Å². The molecule has 0 spiro atoms. The minimum absolute atomic E-state index is 0.221. The maximum absolute atomic E-state index is 12.2. The number of carbonyl (C=O) groups is 1. The van der Waals surface area contributed by atoms with E-state index in [2.05, 4.69) is 15.5 Å². The Hall–Kier alpha value is -1.25. The fraction of sp³-hybridized carbons (Fsp3) is 0.545. The number of rotatable bonds is 3. The quantitative estimate of drug-likeness (QED) is 0.893. The monoisotopic (exact) mass is 318 g/mol. The van der Waals surface area contributed by atoms with E-state index in [1.165, 1.54) is 16.4 Å². The molecule has 7 nitrogen and oxygen atoms in total. The SMILES string of the molecule is CS(=O)(=O)N1CCCC[C@H]1C(=O)Nc1ccc(Cl)nn1. The van der Waals surface area contributed by atoms with Crippen molar-refractivity contribution >= 4 is 33.3 Å². The molecule has 1 aromatic rings. The lowest BCUT2D eigenvalue weighted by Crippen LogP contribution is -2.49. The van der Waals surface area contributed by atoms with Crippen molar-refractivity contribution in [2.45, 2.75) is 25.3 Å². The Morgan fingerprint density at radius 2 is 2.15 bits per heavy atom. The molecule has 1 amide bonds. The van der Waals surface area contributed by atoms with Gasteiger partial charge in [0.25, 0.3) is 0 Å². The van der Waals surface area contributed by atoms with Crippen LogP contribution < -0.4 is 5.32 Å². The molecule has 1 atom stereocenters. The summed E-state index contributed by atoms with van der Waals surface area (Å²) in [5.74, 6) is -0.148. The standard InChI is InChI=1S/C11H15ClN4O3S/c1-20(18,19)16-7-3-2-4-8(16)11(17)13-10-6-5-9(12)14-15-10/h5-6,8H,2-4,7H2,1H3,(H,13,15,17)/t8-/m0/s1. The highest BCUT2D eigenvalue weighted by molar-refractivity contribution is 7.88. The summed E-state index contributed by atoms with van der Waals surface area (Å²) in [5, 5.41) is 10.1. The maximum Gasteiger partial charge on any atom is 0.244 e. The van der Waals surface area contributed by atoms with Crippen molar-refractivity contribution in [1.29, 1.82) is 0 Å². The van der Waals surface area contributed by atoms with Gasteiger partial charge < -0.3 is 5.32 Å². The molecule has 1 aromatic heterocycles. The van der Waals surface area contributed by atoms with E-state index < -0.39 is 22.0 Å². The molecule has 1 aliphatic rings. The van der Waals surface area contributed by atoms with E-state index in [0.717, 1.165) is 19.1 Å². The smallest absolute Gasteiger partial charge is 0.244 e. The molecule has 0 aromatic carbocycles. The van der Waals surface area contributed by atoms with Gasteiger partial charge in [-0.2, -0.15) is 4.31 Å². The first-order valence-corrected chi connectivity index (χ1v) is 8.37.